The van der Waals surface area contributed by atoms with Gasteiger partial charge in [0, 0.05) is 13.0 Å². The first-order valence-corrected chi connectivity index (χ1v) is 4.51. The van der Waals surface area contributed by atoms with Crippen LogP contribution in [-0.2, 0) is 9.47 Å². The van der Waals surface area contributed by atoms with Gasteiger partial charge in [-0.2, -0.15) is 0 Å². The Balaban J connectivity index is 2.04. The molecule has 1 saturated heterocycles. The Morgan fingerprint density at radius 2 is 2.18 bits per heavy atom. The van der Waals surface area contributed by atoms with Gasteiger partial charge in [0.2, 0.25) is 0 Å². The van der Waals surface area contributed by atoms with E-state index in [0.717, 1.165) is 5.92 Å². The predicted octanol–water partition coefficient (Wildman–Crippen LogP) is 1.79. The van der Waals surface area contributed by atoms with E-state index in [1.165, 1.54) is 19.3 Å². The Kier molecular flexibility index (Phi) is 1.90. The lowest BCUT2D eigenvalue weighted by atomic mass is 9.93. The second-order valence-electron chi connectivity index (χ2n) is 3.73. The summed E-state index contributed by atoms with van der Waals surface area (Å²) in [7, 11) is 1.74. The quantitative estimate of drug-likeness (QED) is 0.576. The van der Waals surface area contributed by atoms with E-state index in [-0.39, 0.29) is 6.29 Å². The van der Waals surface area contributed by atoms with Crippen molar-refractivity contribution in [1.29, 1.82) is 0 Å². The summed E-state index contributed by atoms with van der Waals surface area (Å²) in [5.74, 6) is 1.38. The number of rotatable bonds is 1. The van der Waals surface area contributed by atoms with Crippen LogP contribution >= 0.6 is 0 Å². The Morgan fingerprint density at radius 3 is 2.82 bits per heavy atom. The number of fused-ring (bicyclic) bond motifs is 1. The number of methoxy groups -OCH3 is 1. The normalized spacial score (nSPS) is 49.6. The van der Waals surface area contributed by atoms with E-state index in [1.54, 1.807) is 7.11 Å². The molecule has 4 atom stereocenters. The second-order valence-corrected chi connectivity index (χ2v) is 3.73. The highest BCUT2D eigenvalue weighted by Gasteiger charge is 2.44. The van der Waals surface area contributed by atoms with Crippen molar-refractivity contribution in [3.8, 4) is 0 Å². The van der Waals surface area contributed by atoms with Gasteiger partial charge in [-0.25, -0.2) is 0 Å². The Hall–Kier alpha value is -0.0800. The fraction of sp³-hybridized carbons (Fsp3) is 1.00. The van der Waals surface area contributed by atoms with E-state index < -0.39 is 0 Å². The van der Waals surface area contributed by atoms with Crippen LogP contribution in [0.5, 0.6) is 0 Å². The van der Waals surface area contributed by atoms with Crippen molar-refractivity contribution in [2.45, 2.75) is 38.6 Å². The van der Waals surface area contributed by atoms with Gasteiger partial charge in [-0.15, -0.1) is 0 Å². The van der Waals surface area contributed by atoms with Crippen molar-refractivity contribution in [3.05, 3.63) is 0 Å². The molecule has 2 aliphatic rings. The summed E-state index contributed by atoms with van der Waals surface area (Å²) in [6.45, 7) is 2.24. The Labute approximate surface area is 67.9 Å². The van der Waals surface area contributed by atoms with Gasteiger partial charge in [0.05, 0.1) is 6.10 Å². The minimum Gasteiger partial charge on any atom is -0.356 e. The van der Waals surface area contributed by atoms with Crippen LogP contribution in [0.15, 0.2) is 0 Å². The molecule has 0 amide bonds. The summed E-state index contributed by atoms with van der Waals surface area (Å²) >= 11 is 0. The van der Waals surface area contributed by atoms with Crippen molar-refractivity contribution in [3.63, 3.8) is 0 Å². The van der Waals surface area contributed by atoms with Crippen molar-refractivity contribution < 1.29 is 9.47 Å². The van der Waals surface area contributed by atoms with Gasteiger partial charge in [-0.1, -0.05) is 13.3 Å². The van der Waals surface area contributed by atoms with Crippen LogP contribution in [0.4, 0.5) is 0 Å². The summed E-state index contributed by atoms with van der Waals surface area (Å²) in [6, 6.07) is 0. The monoisotopic (exact) mass is 156 g/mol. The van der Waals surface area contributed by atoms with E-state index in [9.17, 15) is 0 Å². The molecule has 0 aromatic rings. The molecule has 2 heteroatoms. The minimum absolute atomic E-state index is 0.0744. The van der Waals surface area contributed by atoms with Crippen LogP contribution in [0.3, 0.4) is 0 Å². The zero-order chi connectivity index (χ0) is 7.84. The van der Waals surface area contributed by atoms with E-state index in [0.29, 0.717) is 12.0 Å². The Bertz CT molecular complexity index is 146. The third-order valence-electron chi connectivity index (χ3n) is 3.15. The lowest BCUT2D eigenvalue weighted by molar-refractivity contribution is -0.129. The molecular formula is C9H16O2. The molecule has 64 valence electrons. The molecule has 0 aromatic heterocycles. The molecular weight excluding hydrogens is 140 g/mol. The molecule has 0 aromatic carbocycles. The summed E-state index contributed by atoms with van der Waals surface area (Å²) in [4.78, 5) is 0. The summed E-state index contributed by atoms with van der Waals surface area (Å²) in [6.07, 6.45) is 4.51. The van der Waals surface area contributed by atoms with Crippen LogP contribution < -0.4 is 0 Å². The molecule has 2 fully saturated rings. The summed E-state index contributed by atoms with van der Waals surface area (Å²) in [5.41, 5.74) is 0. The lowest BCUT2D eigenvalue weighted by Crippen LogP contribution is -2.18. The maximum atomic E-state index is 5.72. The summed E-state index contributed by atoms with van der Waals surface area (Å²) < 4.78 is 11.0. The smallest absolute Gasteiger partial charge is 0.160 e. The molecule has 0 bridgehead atoms. The SMILES string of the molecule is CO[C@@H]1O[C@H]2CCC[C@H]2[C@@H]1C. The fourth-order valence-corrected chi connectivity index (χ4v) is 2.49. The number of ether oxygens (including phenoxy) is 2. The maximum Gasteiger partial charge on any atom is 0.160 e. The van der Waals surface area contributed by atoms with Crippen LogP contribution in [0.1, 0.15) is 26.2 Å². The minimum atomic E-state index is 0.0744. The topological polar surface area (TPSA) is 18.5 Å². The largest absolute Gasteiger partial charge is 0.356 e. The molecule has 1 heterocycles. The highest BCUT2D eigenvalue weighted by atomic mass is 16.7. The molecule has 0 N–H and O–H groups in total. The lowest BCUT2D eigenvalue weighted by Gasteiger charge is -2.15. The highest BCUT2D eigenvalue weighted by molar-refractivity contribution is 4.88. The van der Waals surface area contributed by atoms with Gasteiger partial charge in [0.25, 0.3) is 0 Å². The zero-order valence-corrected chi connectivity index (χ0v) is 7.25. The first kappa shape index (κ1) is 7.56. The predicted molar refractivity (Wildman–Crippen MR) is 42.2 cm³/mol. The number of hydrogen-bond donors (Lipinski definition) is 0. The van der Waals surface area contributed by atoms with Crippen molar-refractivity contribution >= 4 is 0 Å². The van der Waals surface area contributed by atoms with Gasteiger partial charge in [-0.05, 0) is 18.8 Å². The van der Waals surface area contributed by atoms with Gasteiger partial charge >= 0.3 is 0 Å². The van der Waals surface area contributed by atoms with Crippen molar-refractivity contribution in [1.82, 2.24) is 0 Å². The van der Waals surface area contributed by atoms with Gasteiger partial charge in [0.1, 0.15) is 0 Å². The molecule has 2 nitrogen and oxygen atoms in total. The van der Waals surface area contributed by atoms with Gasteiger partial charge in [0.15, 0.2) is 6.29 Å². The molecule has 0 radical (unpaired) electrons. The van der Waals surface area contributed by atoms with E-state index in [1.807, 2.05) is 0 Å². The van der Waals surface area contributed by atoms with Crippen molar-refractivity contribution in [2.24, 2.45) is 11.8 Å². The zero-order valence-electron chi connectivity index (χ0n) is 7.25. The van der Waals surface area contributed by atoms with E-state index in [4.69, 9.17) is 9.47 Å². The standard InChI is InChI=1S/C9H16O2/c1-6-7-4-3-5-8(7)11-9(6)10-2/h6-9H,3-5H2,1-2H3/t6-,7-,8-,9+/m0/s1. The Morgan fingerprint density at radius 1 is 1.36 bits per heavy atom. The highest BCUT2D eigenvalue weighted by Crippen LogP contribution is 2.42. The summed E-state index contributed by atoms with van der Waals surface area (Å²) in [5, 5.41) is 0. The molecule has 0 spiro atoms. The average molecular weight is 156 g/mol. The van der Waals surface area contributed by atoms with Gasteiger partial charge in [-0.3, -0.25) is 0 Å². The van der Waals surface area contributed by atoms with E-state index >= 15 is 0 Å². The van der Waals surface area contributed by atoms with Crippen LogP contribution in [0.25, 0.3) is 0 Å². The first-order chi connectivity index (χ1) is 5.33. The molecule has 1 aliphatic heterocycles. The molecule has 0 unspecified atom stereocenters. The van der Waals surface area contributed by atoms with Crippen LogP contribution in [0.2, 0.25) is 0 Å². The second kappa shape index (κ2) is 2.76. The maximum absolute atomic E-state index is 5.72. The third kappa shape index (κ3) is 1.09. The van der Waals surface area contributed by atoms with Crippen LogP contribution in [-0.4, -0.2) is 19.5 Å². The first-order valence-electron chi connectivity index (χ1n) is 4.51. The van der Waals surface area contributed by atoms with Crippen molar-refractivity contribution in [2.75, 3.05) is 7.11 Å². The van der Waals surface area contributed by atoms with Gasteiger partial charge < -0.3 is 9.47 Å². The van der Waals surface area contributed by atoms with E-state index in [2.05, 4.69) is 6.92 Å². The average Bonchev–Trinajstić information content (AvgIpc) is 2.53. The van der Waals surface area contributed by atoms with Crippen LogP contribution in [0, 0.1) is 11.8 Å². The number of hydrogen-bond acceptors (Lipinski definition) is 2. The fourth-order valence-electron chi connectivity index (χ4n) is 2.49. The molecule has 1 aliphatic carbocycles. The third-order valence-corrected chi connectivity index (χ3v) is 3.15. The molecule has 11 heavy (non-hydrogen) atoms. The molecule has 1 saturated carbocycles. The molecule has 2 rings (SSSR count).